The van der Waals surface area contributed by atoms with Crippen molar-refractivity contribution in [1.29, 1.82) is 0 Å². The Labute approximate surface area is 138 Å². The van der Waals surface area contributed by atoms with Crippen molar-refractivity contribution in [2.75, 3.05) is 6.26 Å². The molecule has 116 valence electrons. The van der Waals surface area contributed by atoms with E-state index in [1.807, 2.05) is 6.26 Å². The van der Waals surface area contributed by atoms with Crippen LogP contribution in [-0.2, 0) is 4.79 Å². The van der Waals surface area contributed by atoms with Gasteiger partial charge in [-0.15, -0.1) is 11.8 Å². The van der Waals surface area contributed by atoms with E-state index in [-0.39, 0.29) is 10.6 Å². The molecule has 1 aromatic carbocycles. The molecule has 0 aliphatic heterocycles. The van der Waals surface area contributed by atoms with Crippen LogP contribution in [-0.4, -0.2) is 23.6 Å². The van der Waals surface area contributed by atoms with Gasteiger partial charge in [-0.2, -0.15) is 0 Å². The van der Waals surface area contributed by atoms with Crippen LogP contribution in [0.2, 0.25) is 10.0 Å². The lowest BCUT2D eigenvalue weighted by molar-refractivity contribution is -0.124. The minimum Gasteiger partial charge on any atom is -0.368 e. The molecule has 0 unspecified atom stereocenters. The fraction of sp³-hybridized carbons (Fsp3) is 0.429. The number of thioether (sulfide) groups is 1. The first-order valence-corrected chi connectivity index (χ1v) is 8.44. The SMILES string of the molecule is CCC(CC)(NC(=O)c1cc(SC)c(Cl)cc1Cl)C(N)=O. The van der Waals surface area contributed by atoms with Crippen molar-refractivity contribution >= 4 is 46.8 Å². The number of halogens is 2. The number of nitrogens with one attached hydrogen (secondary N) is 1. The molecular weight excluding hydrogens is 331 g/mol. The summed E-state index contributed by atoms with van der Waals surface area (Å²) in [6.45, 7) is 3.59. The second kappa shape index (κ2) is 7.38. The summed E-state index contributed by atoms with van der Waals surface area (Å²) in [5.41, 5.74) is 4.63. The van der Waals surface area contributed by atoms with E-state index in [2.05, 4.69) is 5.32 Å². The summed E-state index contributed by atoms with van der Waals surface area (Å²) in [7, 11) is 0. The van der Waals surface area contributed by atoms with Crippen LogP contribution in [0.15, 0.2) is 17.0 Å². The Morgan fingerprint density at radius 2 is 1.81 bits per heavy atom. The summed E-state index contributed by atoms with van der Waals surface area (Å²) < 4.78 is 0. The van der Waals surface area contributed by atoms with Crippen LogP contribution in [0.25, 0.3) is 0 Å². The van der Waals surface area contributed by atoms with Crippen molar-refractivity contribution in [1.82, 2.24) is 5.32 Å². The Hall–Kier alpha value is -0.910. The van der Waals surface area contributed by atoms with Crippen LogP contribution in [0, 0.1) is 0 Å². The smallest absolute Gasteiger partial charge is 0.253 e. The van der Waals surface area contributed by atoms with Crippen LogP contribution in [0.4, 0.5) is 0 Å². The van der Waals surface area contributed by atoms with E-state index in [1.165, 1.54) is 17.8 Å². The average molecular weight is 349 g/mol. The molecule has 0 heterocycles. The molecule has 0 saturated heterocycles. The van der Waals surface area contributed by atoms with E-state index in [0.29, 0.717) is 17.9 Å². The molecule has 0 aliphatic rings. The summed E-state index contributed by atoms with van der Waals surface area (Å²) in [6, 6.07) is 3.13. The van der Waals surface area contributed by atoms with E-state index >= 15 is 0 Å². The maximum atomic E-state index is 12.4. The van der Waals surface area contributed by atoms with Gasteiger partial charge in [-0.25, -0.2) is 0 Å². The monoisotopic (exact) mass is 348 g/mol. The van der Waals surface area contributed by atoms with Gasteiger partial charge in [0.05, 0.1) is 15.6 Å². The van der Waals surface area contributed by atoms with Gasteiger partial charge in [-0.05, 0) is 31.2 Å². The zero-order valence-corrected chi connectivity index (χ0v) is 14.5. The molecule has 0 radical (unpaired) electrons. The van der Waals surface area contributed by atoms with Crippen LogP contribution >= 0.6 is 35.0 Å². The molecule has 0 atom stereocenters. The topological polar surface area (TPSA) is 72.2 Å². The maximum Gasteiger partial charge on any atom is 0.253 e. The normalized spacial score (nSPS) is 11.3. The lowest BCUT2D eigenvalue weighted by Crippen LogP contribution is -2.56. The Morgan fingerprint density at radius 3 is 2.24 bits per heavy atom. The lowest BCUT2D eigenvalue weighted by Gasteiger charge is -2.29. The molecule has 0 fully saturated rings. The summed E-state index contributed by atoms with van der Waals surface area (Å²) in [6.07, 6.45) is 2.67. The number of rotatable bonds is 6. The fourth-order valence-corrected chi connectivity index (χ4v) is 3.17. The van der Waals surface area contributed by atoms with Gasteiger partial charge >= 0.3 is 0 Å². The molecule has 0 saturated carbocycles. The number of primary amides is 1. The van der Waals surface area contributed by atoms with E-state index in [0.717, 1.165) is 4.90 Å². The predicted molar refractivity (Wildman–Crippen MR) is 88.2 cm³/mol. The predicted octanol–water partition coefficient (Wildman–Crippen LogP) is 3.49. The molecule has 1 rings (SSSR count). The highest BCUT2D eigenvalue weighted by atomic mass is 35.5. The third kappa shape index (κ3) is 3.84. The van der Waals surface area contributed by atoms with E-state index in [1.54, 1.807) is 19.9 Å². The highest BCUT2D eigenvalue weighted by Gasteiger charge is 2.35. The average Bonchev–Trinajstić information content (AvgIpc) is 2.44. The van der Waals surface area contributed by atoms with E-state index < -0.39 is 17.4 Å². The fourth-order valence-electron chi connectivity index (χ4n) is 1.98. The molecule has 3 N–H and O–H groups in total. The molecule has 2 amide bonds. The minimum atomic E-state index is -1.07. The van der Waals surface area contributed by atoms with Gasteiger partial charge in [-0.1, -0.05) is 37.0 Å². The number of benzene rings is 1. The number of carbonyl (C=O) groups excluding carboxylic acids is 2. The molecule has 7 heteroatoms. The van der Waals surface area contributed by atoms with E-state index in [9.17, 15) is 9.59 Å². The standard InChI is InChI=1S/C14H18Cl2N2O2S/c1-4-14(5-2,13(17)20)18-12(19)8-6-11(21-3)10(16)7-9(8)15/h6-7H,4-5H2,1-3H3,(H2,17,20)(H,18,19). The quantitative estimate of drug-likeness (QED) is 0.772. The van der Waals surface area contributed by atoms with Gasteiger partial charge in [-0.3, -0.25) is 9.59 Å². The third-order valence-electron chi connectivity index (χ3n) is 3.52. The molecule has 0 spiro atoms. The van der Waals surface area contributed by atoms with Crippen molar-refractivity contribution in [3.63, 3.8) is 0 Å². The summed E-state index contributed by atoms with van der Waals surface area (Å²) in [5.74, 6) is -0.995. The van der Waals surface area contributed by atoms with Gasteiger partial charge in [0.15, 0.2) is 0 Å². The van der Waals surface area contributed by atoms with Crippen molar-refractivity contribution in [2.24, 2.45) is 5.73 Å². The second-order valence-electron chi connectivity index (χ2n) is 4.57. The van der Waals surface area contributed by atoms with Crippen LogP contribution < -0.4 is 11.1 Å². The number of hydrogen-bond acceptors (Lipinski definition) is 3. The summed E-state index contributed by atoms with van der Waals surface area (Å²) >= 11 is 13.5. The van der Waals surface area contributed by atoms with E-state index in [4.69, 9.17) is 28.9 Å². The molecule has 0 bridgehead atoms. The van der Waals surface area contributed by atoms with Crippen molar-refractivity contribution in [2.45, 2.75) is 37.1 Å². The summed E-state index contributed by atoms with van der Waals surface area (Å²) in [4.78, 5) is 24.8. The Morgan fingerprint density at radius 1 is 1.24 bits per heavy atom. The van der Waals surface area contributed by atoms with Crippen LogP contribution in [0.3, 0.4) is 0 Å². The molecule has 21 heavy (non-hydrogen) atoms. The largest absolute Gasteiger partial charge is 0.368 e. The molecule has 0 aliphatic carbocycles. The minimum absolute atomic E-state index is 0.237. The number of amides is 2. The summed E-state index contributed by atoms with van der Waals surface area (Å²) in [5, 5.41) is 3.43. The molecular formula is C14H18Cl2N2O2S. The first-order chi connectivity index (χ1) is 9.81. The van der Waals surface area contributed by atoms with Gasteiger partial charge in [0.25, 0.3) is 5.91 Å². The molecule has 1 aromatic rings. The first-order valence-electron chi connectivity index (χ1n) is 6.46. The highest BCUT2D eigenvalue weighted by Crippen LogP contribution is 2.31. The Balaban J connectivity index is 3.17. The molecule has 0 aromatic heterocycles. The van der Waals surface area contributed by atoms with Crippen LogP contribution in [0.1, 0.15) is 37.0 Å². The van der Waals surface area contributed by atoms with Gasteiger partial charge in [0.2, 0.25) is 5.91 Å². The van der Waals surface area contributed by atoms with Crippen molar-refractivity contribution in [3.8, 4) is 0 Å². The highest BCUT2D eigenvalue weighted by molar-refractivity contribution is 7.98. The number of nitrogens with two attached hydrogens (primary N) is 1. The third-order valence-corrected chi connectivity index (χ3v) is 5.03. The molecule has 4 nitrogen and oxygen atoms in total. The van der Waals surface area contributed by atoms with Crippen molar-refractivity contribution < 1.29 is 9.59 Å². The maximum absolute atomic E-state index is 12.4. The number of hydrogen-bond donors (Lipinski definition) is 2. The zero-order valence-electron chi connectivity index (χ0n) is 12.1. The van der Waals surface area contributed by atoms with Gasteiger partial charge < -0.3 is 11.1 Å². The van der Waals surface area contributed by atoms with Gasteiger partial charge in [0.1, 0.15) is 5.54 Å². The van der Waals surface area contributed by atoms with Crippen molar-refractivity contribution in [3.05, 3.63) is 27.7 Å². The first kappa shape index (κ1) is 18.1. The Kier molecular flexibility index (Phi) is 6.38. The number of carbonyl (C=O) groups is 2. The lowest BCUT2D eigenvalue weighted by atomic mass is 9.91. The zero-order chi connectivity index (χ0) is 16.2. The Bertz CT molecular complexity index is 560. The van der Waals surface area contributed by atoms with Crippen LogP contribution in [0.5, 0.6) is 0 Å². The van der Waals surface area contributed by atoms with Gasteiger partial charge in [0, 0.05) is 4.90 Å². The second-order valence-corrected chi connectivity index (χ2v) is 6.24.